The van der Waals surface area contributed by atoms with E-state index in [9.17, 15) is 0 Å². The van der Waals surface area contributed by atoms with Gasteiger partial charge in [0.15, 0.2) is 0 Å². The summed E-state index contributed by atoms with van der Waals surface area (Å²) in [6.45, 7) is 6.68. The summed E-state index contributed by atoms with van der Waals surface area (Å²) >= 11 is 9.44. The van der Waals surface area contributed by atoms with Crippen LogP contribution in [0.5, 0.6) is 5.75 Å². The van der Waals surface area contributed by atoms with E-state index in [0.29, 0.717) is 29.1 Å². The minimum absolute atomic E-state index is 0. The highest BCUT2D eigenvalue weighted by atomic mass is 79.9. The molecule has 7 heteroatoms. The molecule has 0 radical (unpaired) electrons. The van der Waals surface area contributed by atoms with E-state index in [1.807, 2.05) is 0 Å². The van der Waals surface area contributed by atoms with Gasteiger partial charge < -0.3 is 15.2 Å². The first-order chi connectivity index (χ1) is 9.47. The van der Waals surface area contributed by atoms with Gasteiger partial charge in [-0.05, 0) is 41.9 Å². The maximum absolute atomic E-state index is 6.09. The Balaban J connectivity index is 0.00000220. The number of ether oxygens (including phenoxy) is 2. The number of hydrogen-bond acceptors (Lipinski definition) is 4. The second-order valence-electron chi connectivity index (χ2n) is 4.92. The van der Waals surface area contributed by atoms with Crippen molar-refractivity contribution in [1.82, 2.24) is 4.90 Å². The van der Waals surface area contributed by atoms with E-state index in [1.54, 1.807) is 18.4 Å². The second-order valence-corrected chi connectivity index (χ2v) is 6.18. The van der Waals surface area contributed by atoms with Gasteiger partial charge in [0.05, 0.1) is 11.6 Å². The van der Waals surface area contributed by atoms with Crippen LogP contribution in [0.3, 0.4) is 0 Å². The molecule has 0 spiro atoms. The van der Waals surface area contributed by atoms with E-state index >= 15 is 0 Å². The van der Waals surface area contributed by atoms with Crippen LogP contribution in [0.4, 0.5) is 5.69 Å². The molecule has 0 amide bonds. The minimum Gasteiger partial charge on any atom is -0.492 e. The van der Waals surface area contributed by atoms with E-state index in [4.69, 9.17) is 26.8 Å². The molecule has 1 aromatic carbocycles. The van der Waals surface area contributed by atoms with Gasteiger partial charge in [-0.1, -0.05) is 11.6 Å². The number of nitrogens with two attached hydrogens (primary N) is 1. The third kappa shape index (κ3) is 4.95. The topological polar surface area (TPSA) is 47.7 Å². The van der Waals surface area contributed by atoms with Gasteiger partial charge in [-0.2, -0.15) is 0 Å². The lowest BCUT2D eigenvalue weighted by molar-refractivity contribution is 0.0710. The van der Waals surface area contributed by atoms with Crippen LogP contribution in [-0.2, 0) is 4.74 Å². The van der Waals surface area contributed by atoms with Crippen LogP contribution in [0, 0.1) is 0 Å². The number of anilines is 1. The average Bonchev–Trinajstić information content (AvgIpc) is 2.41. The Labute approximate surface area is 144 Å². The number of nitrogen functional groups attached to an aromatic ring is 1. The molecular formula is C14H19BrCl2N2O2. The molecule has 118 valence electrons. The summed E-state index contributed by atoms with van der Waals surface area (Å²) in [6.07, 6.45) is 1.61. The van der Waals surface area contributed by atoms with Crippen molar-refractivity contribution < 1.29 is 9.47 Å². The van der Waals surface area contributed by atoms with E-state index < -0.39 is 0 Å². The van der Waals surface area contributed by atoms with Crippen molar-refractivity contribution in [2.45, 2.75) is 19.9 Å². The Bertz CT molecular complexity index is 524. The largest absolute Gasteiger partial charge is 0.492 e. The summed E-state index contributed by atoms with van der Waals surface area (Å²) in [5, 5.41) is 0.471. The van der Waals surface area contributed by atoms with Gasteiger partial charge in [0, 0.05) is 22.7 Å². The molecule has 0 saturated carbocycles. The van der Waals surface area contributed by atoms with Gasteiger partial charge >= 0.3 is 0 Å². The number of hydrogen-bond donors (Lipinski definition) is 1. The van der Waals surface area contributed by atoms with Crippen molar-refractivity contribution >= 4 is 45.6 Å². The lowest BCUT2D eigenvalue weighted by atomic mass is 10.3. The Morgan fingerprint density at radius 1 is 1.48 bits per heavy atom. The lowest BCUT2D eigenvalue weighted by Crippen LogP contribution is -2.39. The quantitative estimate of drug-likeness (QED) is 0.616. The van der Waals surface area contributed by atoms with Crippen molar-refractivity contribution in [1.29, 1.82) is 0 Å². The summed E-state index contributed by atoms with van der Waals surface area (Å²) in [7, 11) is 0. The molecular weight excluding hydrogens is 379 g/mol. The molecule has 1 saturated heterocycles. The zero-order chi connectivity index (χ0) is 14.7. The van der Waals surface area contributed by atoms with Crippen LogP contribution in [0.15, 0.2) is 28.6 Å². The fourth-order valence-corrected chi connectivity index (χ4v) is 2.43. The van der Waals surface area contributed by atoms with Crippen LogP contribution in [0.2, 0.25) is 5.02 Å². The summed E-state index contributed by atoms with van der Waals surface area (Å²) in [5.74, 6) is 1.35. The molecule has 1 aliphatic heterocycles. The highest BCUT2D eigenvalue weighted by molar-refractivity contribution is 9.10. The first-order valence-electron chi connectivity index (χ1n) is 6.44. The van der Waals surface area contributed by atoms with Gasteiger partial charge in [0.25, 0.3) is 0 Å². The Kier molecular flexibility index (Phi) is 7.13. The molecule has 1 fully saturated rings. The first kappa shape index (κ1) is 18.4. The molecule has 0 aromatic heterocycles. The summed E-state index contributed by atoms with van der Waals surface area (Å²) in [4.78, 5) is 2.32. The SMILES string of the molecule is CC(C)N1CCOC(=COc2cc(Br)c(N)cc2Cl)C1.Cl. The summed E-state index contributed by atoms with van der Waals surface area (Å²) < 4.78 is 12.0. The Hall–Kier alpha value is -0.620. The monoisotopic (exact) mass is 396 g/mol. The van der Waals surface area contributed by atoms with Gasteiger partial charge in [-0.25, -0.2) is 0 Å². The highest BCUT2D eigenvalue weighted by Crippen LogP contribution is 2.33. The van der Waals surface area contributed by atoms with E-state index in [2.05, 4.69) is 34.7 Å². The predicted molar refractivity (Wildman–Crippen MR) is 92.2 cm³/mol. The average molecular weight is 398 g/mol. The number of nitrogens with zero attached hydrogens (tertiary/aromatic N) is 1. The molecule has 21 heavy (non-hydrogen) atoms. The minimum atomic E-state index is 0. The van der Waals surface area contributed by atoms with Gasteiger partial charge in [0.1, 0.15) is 24.4 Å². The smallest absolute Gasteiger partial charge is 0.146 e. The van der Waals surface area contributed by atoms with Crippen molar-refractivity contribution in [3.05, 3.63) is 33.6 Å². The van der Waals surface area contributed by atoms with Crippen LogP contribution in [-0.4, -0.2) is 30.6 Å². The highest BCUT2D eigenvalue weighted by Gasteiger charge is 2.18. The fourth-order valence-electron chi connectivity index (χ4n) is 1.89. The lowest BCUT2D eigenvalue weighted by Gasteiger charge is -2.31. The second kappa shape index (κ2) is 8.13. The van der Waals surface area contributed by atoms with Crippen molar-refractivity contribution in [2.24, 2.45) is 0 Å². The molecule has 2 rings (SSSR count). The standard InChI is InChI=1S/C14H18BrClN2O2.ClH/c1-9(2)18-3-4-19-10(7-18)8-20-14-5-11(15)13(17)6-12(14)16;/h5-6,8-9H,3-4,7,17H2,1-2H3;1H. The van der Waals surface area contributed by atoms with E-state index in [0.717, 1.165) is 23.3 Å². The molecule has 0 aliphatic carbocycles. The predicted octanol–water partition coefficient (Wildman–Crippen LogP) is 4.07. The molecule has 0 unspecified atom stereocenters. The number of rotatable bonds is 3. The van der Waals surface area contributed by atoms with Gasteiger partial charge in [-0.3, -0.25) is 4.90 Å². The van der Waals surface area contributed by atoms with Crippen LogP contribution < -0.4 is 10.5 Å². The molecule has 1 heterocycles. The van der Waals surface area contributed by atoms with Crippen LogP contribution >= 0.6 is 39.9 Å². The van der Waals surface area contributed by atoms with Crippen LogP contribution in [0.25, 0.3) is 0 Å². The Morgan fingerprint density at radius 3 is 2.86 bits per heavy atom. The number of benzene rings is 1. The number of morpholine rings is 1. The molecule has 0 bridgehead atoms. The molecule has 0 atom stereocenters. The van der Waals surface area contributed by atoms with Gasteiger partial charge in [0.2, 0.25) is 0 Å². The Morgan fingerprint density at radius 2 is 2.19 bits per heavy atom. The number of halogens is 3. The molecule has 4 nitrogen and oxygen atoms in total. The van der Waals surface area contributed by atoms with Gasteiger partial charge in [-0.15, -0.1) is 12.4 Å². The first-order valence-corrected chi connectivity index (χ1v) is 7.61. The van der Waals surface area contributed by atoms with Crippen molar-refractivity contribution in [3.8, 4) is 5.75 Å². The van der Waals surface area contributed by atoms with Crippen LogP contribution in [0.1, 0.15) is 13.8 Å². The normalized spacial score (nSPS) is 17.5. The third-order valence-electron chi connectivity index (χ3n) is 3.12. The van der Waals surface area contributed by atoms with Crippen molar-refractivity contribution in [2.75, 3.05) is 25.4 Å². The molecule has 1 aliphatic rings. The van der Waals surface area contributed by atoms with Crippen molar-refractivity contribution in [3.63, 3.8) is 0 Å². The summed E-state index contributed by atoms with van der Waals surface area (Å²) in [5.41, 5.74) is 6.32. The zero-order valence-corrected chi connectivity index (χ0v) is 15.1. The summed E-state index contributed by atoms with van der Waals surface area (Å²) in [6, 6.07) is 3.89. The fraction of sp³-hybridized carbons (Fsp3) is 0.429. The maximum atomic E-state index is 6.09. The zero-order valence-electron chi connectivity index (χ0n) is 11.9. The molecule has 1 aromatic rings. The van der Waals surface area contributed by atoms with E-state index in [1.165, 1.54) is 0 Å². The molecule has 2 N–H and O–H groups in total. The maximum Gasteiger partial charge on any atom is 0.146 e. The van der Waals surface area contributed by atoms with E-state index in [-0.39, 0.29) is 12.4 Å². The third-order valence-corrected chi connectivity index (χ3v) is 4.11.